The average Bonchev–Trinajstić information content (AvgIpc) is 2.60. The van der Waals surface area contributed by atoms with Crippen LogP contribution in [0.2, 0.25) is 5.02 Å². The molecule has 1 amide bonds. The van der Waals surface area contributed by atoms with Crippen LogP contribution in [-0.2, 0) is 0 Å². The molecule has 2 fully saturated rings. The van der Waals surface area contributed by atoms with E-state index in [1.165, 1.54) is 0 Å². The summed E-state index contributed by atoms with van der Waals surface area (Å²) in [6, 6.07) is 6.75. The molecule has 2 saturated heterocycles. The summed E-state index contributed by atoms with van der Waals surface area (Å²) >= 11 is 5.88. The molecule has 2 aliphatic rings. The van der Waals surface area contributed by atoms with E-state index in [4.69, 9.17) is 11.6 Å². The summed E-state index contributed by atoms with van der Waals surface area (Å²) < 4.78 is 0. The van der Waals surface area contributed by atoms with Gasteiger partial charge < -0.3 is 20.0 Å². The number of aliphatic hydroxyl groups excluding tert-OH is 1. The van der Waals surface area contributed by atoms with Gasteiger partial charge in [0.05, 0.1) is 12.6 Å². The number of rotatable bonds is 3. The zero-order valence-electron chi connectivity index (χ0n) is 14.6. The van der Waals surface area contributed by atoms with Crippen LogP contribution < -0.4 is 0 Å². The summed E-state index contributed by atoms with van der Waals surface area (Å²) in [5, 5.41) is 22.0. The maximum Gasteiger partial charge on any atom is 0.253 e. The van der Waals surface area contributed by atoms with E-state index >= 15 is 0 Å². The van der Waals surface area contributed by atoms with Gasteiger partial charge in [0, 0.05) is 49.9 Å². The molecule has 2 N–H and O–H groups in total. The van der Waals surface area contributed by atoms with Gasteiger partial charge in [-0.05, 0) is 37.7 Å². The molecule has 0 bridgehead atoms. The average molecular weight is 368 g/mol. The number of aliphatic hydroxyl groups is 2. The van der Waals surface area contributed by atoms with Crippen LogP contribution in [0.25, 0.3) is 0 Å². The first-order valence-electron chi connectivity index (χ1n) is 8.73. The summed E-state index contributed by atoms with van der Waals surface area (Å²) in [4.78, 5) is 18.8. The fourth-order valence-corrected chi connectivity index (χ4v) is 3.68. The molecule has 2 heterocycles. The Morgan fingerprint density at radius 1 is 1.20 bits per heavy atom. The van der Waals surface area contributed by atoms with Crippen molar-refractivity contribution in [2.24, 2.45) is 0 Å². The number of β-amino-alcohol motifs (C(OH)–C–C–N with tert-alkyl or cyclic N) is 1. The van der Waals surface area contributed by atoms with Crippen LogP contribution in [0.5, 0.6) is 0 Å². The SMILES string of the molecule is CN1CCN(C[C@@]2(O)CN(C(=O)c3ccc(Cl)cc3)CC[C@@H]2O)CC1. The summed E-state index contributed by atoms with van der Waals surface area (Å²) in [6.07, 6.45) is -0.440. The van der Waals surface area contributed by atoms with Crippen LogP contribution in [-0.4, -0.2) is 95.4 Å². The third kappa shape index (κ3) is 4.33. The van der Waals surface area contributed by atoms with Crippen LogP contribution in [0.15, 0.2) is 24.3 Å². The van der Waals surface area contributed by atoms with Gasteiger partial charge in [0.15, 0.2) is 0 Å². The van der Waals surface area contributed by atoms with Crippen LogP contribution in [0, 0.1) is 0 Å². The van der Waals surface area contributed by atoms with E-state index in [9.17, 15) is 15.0 Å². The predicted molar refractivity (Wildman–Crippen MR) is 96.9 cm³/mol. The fraction of sp³-hybridized carbons (Fsp3) is 0.611. The van der Waals surface area contributed by atoms with Crippen molar-refractivity contribution in [2.45, 2.75) is 18.1 Å². The molecular formula is C18H26ClN3O3. The molecule has 0 spiro atoms. The summed E-state index contributed by atoms with van der Waals surface area (Å²) in [5.41, 5.74) is -0.751. The standard InChI is InChI=1S/C18H26ClN3O3/c1-20-8-10-21(11-9-20)12-18(25)13-22(7-6-16(18)23)17(24)14-2-4-15(19)5-3-14/h2-5,16,23,25H,6-13H2,1H3/t16-,18+/m0/s1. The number of hydrogen-bond donors (Lipinski definition) is 2. The van der Waals surface area contributed by atoms with Gasteiger partial charge in [-0.2, -0.15) is 0 Å². The second kappa shape index (κ2) is 7.60. The highest BCUT2D eigenvalue weighted by Gasteiger charge is 2.44. The zero-order valence-corrected chi connectivity index (χ0v) is 15.3. The Morgan fingerprint density at radius 3 is 2.48 bits per heavy atom. The van der Waals surface area contributed by atoms with Gasteiger partial charge in [0.25, 0.3) is 5.91 Å². The summed E-state index contributed by atoms with van der Waals surface area (Å²) in [5.74, 6) is -0.139. The highest BCUT2D eigenvalue weighted by molar-refractivity contribution is 6.30. The monoisotopic (exact) mass is 367 g/mol. The van der Waals surface area contributed by atoms with E-state index in [-0.39, 0.29) is 12.5 Å². The molecule has 0 saturated carbocycles. The molecule has 7 heteroatoms. The minimum atomic E-state index is -1.30. The number of benzene rings is 1. The lowest BCUT2D eigenvalue weighted by atomic mass is 9.88. The van der Waals surface area contributed by atoms with Crippen molar-refractivity contribution in [2.75, 3.05) is 52.9 Å². The Morgan fingerprint density at radius 2 is 1.84 bits per heavy atom. The highest BCUT2D eigenvalue weighted by atomic mass is 35.5. The number of piperidine rings is 1. The fourth-order valence-electron chi connectivity index (χ4n) is 3.56. The molecule has 1 aromatic carbocycles. The van der Waals surface area contributed by atoms with Crippen LogP contribution in [0.3, 0.4) is 0 Å². The number of nitrogens with zero attached hydrogens (tertiary/aromatic N) is 3. The number of halogens is 1. The molecule has 25 heavy (non-hydrogen) atoms. The van der Waals surface area contributed by atoms with Gasteiger partial charge in [0.1, 0.15) is 5.60 Å². The third-order valence-electron chi connectivity index (χ3n) is 5.23. The van der Waals surface area contributed by atoms with Crippen LogP contribution in [0.4, 0.5) is 0 Å². The molecule has 138 valence electrons. The van der Waals surface area contributed by atoms with Gasteiger partial charge in [-0.1, -0.05) is 11.6 Å². The largest absolute Gasteiger partial charge is 0.390 e. The molecule has 6 nitrogen and oxygen atoms in total. The normalized spacial score (nSPS) is 29.0. The smallest absolute Gasteiger partial charge is 0.253 e. The van der Waals surface area contributed by atoms with Gasteiger partial charge >= 0.3 is 0 Å². The van der Waals surface area contributed by atoms with Crippen LogP contribution in [0.1, 0.15) is 16.8 Å². The predicted octanol–water partition coefficient (Wildman–Crippen LogP) is 0.525. The minimum Gasteiger partial charge on any atom is -0.390 e. The molecule has 0 aromatic heterocycles. The number of carbonyl (C=O) groups excluding carboxylic acids is 1. The van der Waals surface area contributed by atoms with Gasteiger partial charge in [0.2, 0.25) is 0 Å². The van der Waals surface area contributed by atoms with E-state index in [2.05, 4.69) is 16.8 Å². The number of hydrogen-bond acceptors (Lipinski definition) is 5. The summed E-state index contributed by atoms with van der Waals surface area (Å²) in [6.45, 7) is 4.56. The van der Waals surface area contributed by atoms with Gasteiger partial charge in [-0.25, -0.2) is 0 Å². The van der Waals surface area contributed by atoms with Crippen molar-refractivity contribution in [1.82, 2.24) is 14.7 Å². The number of amides is 1. The Labute approximate surface area is 153 Å². The second-order valence-electron chi connectivity index (χ2n) is 7.22. The Balaban J connectivity index is 1.67. The quantitative estimate of drug-likeness (QED) is 0.815. The number of piperazine rings is 1. The van der Waals surface area contributed by atoms with E-state index in [1.54, 1.807) is 29.2 Å². The number of carbonyl (C=O) groups is 1. The maximum atomic E-state index is 12.7. The molecule has 0 radical (unpaired) electrons. The number of likely N-dealkylation sites (tertiary alicyclic amines) is 1. The Bertz CT molecular complexity index is 604. The van der Waals surface area contributed by atoms with Crippen LogP contribution >= 0.6 is 11.6 Å². The van der Waals surface area contributed by atoms with E-state index in [0.717, 1.165) is 26.2 Å². The molecule has 0 aliphatic carbocycles. The molecule has 2 atom stereocenters. The lowest BCUT2D eigenvalue weighted by Gasteiger charge is -2.46. The van der Waals surface area contributed by atoms with Crippen molar-refractivity contribution in [3.05, 3.63) is 34.9 Å². The van der Waals surface area contributed by atoms with Crippen molar-refractivity contribution in [3.63, 3.8) is 0 Å². The van der Waals surface area contributed by atoms with Crippen molar-refractivity contribution in [1.29, 1.82) is 0 Å². The molecular weight excluding hydrogens is 342 g/mol. The van der Waals surface area contributed by atoms with E-state index in [0.29, 0.717) is 30.1 Å². The highest BCUT2D eigenvalue weighted by Crippen LogP contribution is 2.25. The minimum absolute atomic E-state index is 0.139. The topological polar surface area (TPSA) is 67.2 Å². The lowest BCUT2D eigenvalue weighted by molar-refractivity contribution is -0.129. The first kappa shape index (κ1) is 18.6. The van der Waals surface area contributed by atoms with Gasteiger partial charge in [-0.15, -0.1) is 0 Å². The Kier molecular flexibility index (Phi) is 5.65. The molecule has 1 aromatic rings. The first-order chi connectivity index (χ1) is 11.9. The summed E-state index contributed by atoms with van der Waals surface area (Å²) in [7, 11) is 2.08. The third-order valence-corrected chi connectivity index (χ3v) is 5.48. The second-order valence-corrected chi connectivity index (χ2v) is 7.66. The van der Waals surface area contributed by atoms with E-state index < -0.39 is 11.7 Å². The Hall–Kier alpha value is -1.18. The molecule has 3 rings (SSSR count). The van der Waals surface area contributed by atoms with Gasteiger partial charge in [-0.3, -0.25) is 9.69 Å². The van der Waals surface area contributed by atoms with Crippen molar-refractivity contribution < 1.29 is 15.0 Å². The molecule has 0 unspecified atom stereocenters. The van der Waals surface area contributed by atoms with Crippen molar-refractivity contribution in [3.8, 4) is 0 Å². The number of likely N-dealkylation sites (N-methyl/N-ethyl adjacent to an activating group) is 1. The molecule has 2 aliphatic heterocycles. The maximum absolute atomic E-state index is 12.7. The zero-order chi connectivity index (χ0) is 18.0. The lowest BCUT2D eigenvalue weighted by Crippen LogP contribution is -2.64. The van der Waals surface area contributed by atoms with Crippen molar-refractivity contribution >= 4 is 17.5 Å². The van der Waals surface area contributed by atoms with E-state index in [1.807, 2.05) is 0 Å². The first-order valence-corrected chi connectivity index (χ1v) is 9.11.